The van der Waals surface area contributed by atoms with Crippen LogP contribution in [0, 0.1) is 0 Å². The summed E-state index contributed by atoms with van der Waals surface area (Å²) in [7, 11) is 0. The van der Waals surface area contributed by atoms with Crippen LogP contribution in [0.5, 0.6) is 23.0 Å². The maximum Gasteiger partial charge on any atom is 0.330 e. The lowest BCUT2D eigenvalue weighted by Crippen LogP contribution is -2.28. The van der Waals surface area contributed by atoms with E-state index >= 15 is 0 Å². The van der Waals surface area contributed by atoms with Crippen LogP contribution in [0.3, 0.4) is 0 Å². The number of hydrogen-bond donors (Lipinski definition) is 0. The molecule has 0 heterocycles. The monoisotopic (exact) mass is 1090 g/mol. The van der Waals surface area contributed by atoms with Gasteiger partial charge in [0.25, 0.3) is 0 Å². The van der Waals surface area contributed by atoms with Crippen LogP contribution in [-0.4, -0.2) is 76.7 Å². The fourth-order valence-electron chi connectivity index (χ4n) is 10.7. The van der Waals surface area contributed by atoms with Crippen molar-refractivity contribution in [1.82, 2.24) is 0 Å². The third-order valence-electron chi connectivity index (χ3n) is 14.1. The van der Waals surface area contributed by atoms with Gasteiger partial charge in [-0.2, -0.15) is 0 Å². The molecule has 0 N–H and O–H groups in total. The van der Waals surface area contributed by atoms with Crippen molar-refractivity contribution in [2.24, 2.45) is 0 Å². The zero-order valence-electron chi connectivity index (χ0n) is 45.2. The molecule has 10 rings (SSSR count). The lowest BCUT2D eigenvalue weighted by atomic mass is 9.68. The normalized spacial score (nSPS) is 12.4. The van der Waals surface area contributed by atoms with E-state index in [0.29, 0.717) is 23.0 Å². The van der Waals surface area contributed by atoms with E-state index in [0.717, 1.165) is 46.6 Å². The van der Waals surface area contributed by atoms with Crippen molar-refractivity contribution in [1.29, 1.82) is 0 Å². The Labute approximate surface area is 477 Å². The van der Waals surface area contributed by atoms with E-state index in [9.17, 15) is 19.2 Å². The van der Waals surface area contributed by atoms with Gasteiger partial charge in [0.05, 0.1) is 10.8 Å². The van der Waals surface area contributed by atoms with Gasteiger partial charge in [0.2, 0.25) is 0 Å². The van der Waals surface area contributed by atoms with Gasteiger partial charge in [-0.3, -0.25) is 0 Å². The average Bonchev–Trinajstić information content (AvgIpc) is 3.27. The molecule has 12 heteroatoms. The van der Waals surface area contributed by atoms with Crippen LogP contribution in [0.4, 0.5) is 0 Å². The highest BCUT2D eigenvalue weighted by Crippen LogP contribution is 2.58. The molecule has 12 nitrogen and oxygen atoms in total. The number of benzene rings is 8. The number of hydrogen-bond acceptors (Lipinski definition) is 12. The summed E-state index contributed by atoms with van der Waals surface area (Å²) in [4.78, 5) is 45.1. The summed E-state index contributed by atoms with van der Waals surface area (Å²) in [5, 5.41) is 0. The van der Waals surface area contributed by atoms with Crippen LogP contribution in [0.1, 0.15) is 44.5 Å². The molecule has 0 unspecified atom stereocenters. The Morgan fingerprint density at radius 2 is 0.476 bits per heavy atom. The molecule has 0 radical (unpaired) electrons. The standard InChI is InChI=1S/2C35H30O6/c2*1-3-33(36)40-23-21-38-27-17-13-25(14-18-27)35(26-15-19-28(20-16-26)39-22-24-41-34(37)4-2)31-11-7-5-9-29(31)30-10-6-8-12-32(30)35/h2*3-20H,1-2,21-24H2. The predicted molar refractivity (Wildman–Crippen MR) is 314 cm³/mol. The predicted octanol–water partition coefficient (Wildman–Crippen LogP) is 12.5. The summed E-state index contributed by atoms with van der Waals surface area (Å²) in [5.41, 5.74) is 12.8. The first-order chi connectivity index (χ1) is 40.1. The Kier molecular flexibility index (Phi) is 18.4. The second-order valence-electron chi connectivity index (χ2n) is 18.7. The van der Waals surface area contributed by atoms with Crippen LogP contribution >= 0.6 is 0 Å². The SMILES string of the molecule is C=CC(=O)OCCOc1ccc(C2(c3ccc(OCCOC(=O)C=C)cc3)c3ccccc3-c3ccccc32)cc1.C=CC(=O)OCCOc1ccc(C2(c3ccc(OCCOC(=O)C=C)cc3)c3ccccc3-c3ccccc32)cc1. The van der Waals surface area contributed by atoms with E-state index in [1.807, 2.05) is 48.5 Å². The van der Waals surface area contributed by atoms with Crippen LogP contribution < -0.4 is 18.9 Å². The Morgan fingerprint density at radius 1 is 0.280 bits per heavy atom. The van der Waals surface area contributed by atoms with Gasteiger partial charge in [0.15, 0.2) is 0 Å². The third-order valence-corrected chi connectivity index (χ3v) is 14.1. The van der Waals surface area contributed by atoms with Gasteiger partial charge in [-0.25, -0.2) is 19.2 Å². The largest absolute Gasteiger partial charge is 0.490 e. The Morgan fingerprint density at radius 3 is 0.671 bits per heavy atom. The molecule has 0 aromatic heterocycles. The molecule has 82 heavy (non-hydrogen) atoms. The van der Waals surface area contributed by atoms with E-state index in [1.54, 1.807) is 0 Å². The van der Waals surface area contributed by atoms with Gasteiger partial charge in [-0.1, -0.05) is 172 Å². The first-order valence-electron chi connectivity index (χ1n) is 26.6. The van der Waals surface area contributed by atoms with E-state index in [4.69, 9.17) is 37.9 Å². The van der Waals surface area contributed by atoms with Crippen LogP contribution in [-0.2, 0) is 49.0 Å². The number of rotatable bonds is 24. The van der Waals surface area contributed by atoms with Gasteiger partial charge in [0, 0.05) is 24.3 Å². The number of carbonyl (C=O) groups excluding carboxylic acids is 4. The fraction of sp³-hybridized carbons (Fsp3) is 0.143. The first-order valence-corrected chi connectivity index (χ1v) is 26.6. The third kappa shape index (κ3) is 12.0. The smallest absolute Gasteiger partial charge is 0.330 e. The van der Waals surface area contributed by atoms with Gasteiger partial charge < -0.3 is 37.9 Å². The topological polar surface area (TPSA) is 142 Å². The van der Waals surface area contributed by atoms with E-state index in [-0.39, 0.29) is 52.9 Å². The maximum atomic E-state index is 11.3. The number of esters is 4. The number of ether oxygens (including phenoxy) is 8. The average molecular weight is 1090 g/mol. The van der Waals surface area contributed by atoms with Crippen molar-refractivity contribution < 1.29 is 57.1 Å². The Hall–Kier alpha value is -10.2. The van der Waals surface area contributed by atoms with Crippen molar-refractivity contribution in [3.8, 4) is 45.3 Å². The number of fused-ring (bicyclic) bond motifs is 6. The zero-order chi connectivity index (χ0) is 57.3. The van der Waals surface area contributed by atoms with E-state index in [2.05, 4.69) is 172 Å². The zero-order valence-corrected chi connectivity index (χ0v) is 45.2. The van der Waals surface area contributed by atoms with Crippen LogP contribution in [0.2, 0.25) is 0 Å². The molecule has 2 aliphatic rings. The molecule has 0 bridgehead atoms. The summed E-state index contributed by atoms with van der Waals surface area (Å²) in [6.45, 7) is 15.1. The van der Waals surface area contributed by atoms with Crippen molar-refractivity contribution >= 4 is 23.9 Å². The quantitative estimate of drug-likeness (QED) is 0.0246. The highest BCUT2D eigenvalue weighted by molar-refractivity contribution is 5.88. The number of carbonyl (C=O) groups is 4. The van der Waals surface area contributed by atoms with Crippen molar-refractivity contribution in [3.63, 3.8) is 0 Å². The summed E-state index contributed by atoms with van der Waals surface area (Å²) in [6, 6.07) is 66.2. The second-order valence-corrected chi connectivity index (χ2v) is 18.7. The molecule has 412 valence electrons. The van der Waals surface area contributed by atoms with E-state index < -0.39 is 34.7 Å². The van der Waals surface area contributed by atoms with Crippen LogP contribution in [0.25, 0.3) is 22.3 Å². The second kappa shape index (κ2) is 26.6. The molecule has 0 amide bonds. The van der Waals surface area contributed by atoms with Gasteiger partial charge in [0.1, 0.15) is 75.9 Å². The Bertz CT molecular complexity index is 3110. The minimum Gasteiger partial charge on any atom is -0.490 e. The highest BCUT2D eigenvalue weighted by Gasteiger charge is 2.47. The molecule has 0 atom stereocenters. The summed E-state index contributed by atoms with van der Waals surface area (Å²) >= 11 is 0. The van der Waals surface area contributed by atoms with Gasteiger partial charge in [-0.05, 0) is 115 Å². The van der Waals surface area contributed by atoms with Gasteiger partial charge >= 0.3 is 23.9 Å². The van der Waals surface area contributed by atoms with Crippen molar-refractivity contribution in [2.75, 3.05) is 52.9 Å². The summed E-state index contributed by atoms with van der Waals surface area (Å²) in [6.07, 6.45) is 4.52. The summed E-state index contributed by atoms with van der Waals surface area (Å²) < 4.78 is 43.3. The molecule has 0 aliphatic heterocycles. The molecular formula is C70H60O12. The summed E-state index contributed by atoms with van der Waals surface area (Å²) in [5.74, 6) is 0.819. The lowest BCUT2D eigenvalue weighted by Gasteiger charge is -2.34. The van der Waals surface area contributed by atoms with Crippen LogP contribution in [0.15, 0.2) is 245 Å². The minimum absolute atomic E-state index is 0.141. The molecular weight excluding hydrogens is 1030 g/mol. The van der Waals surface area contributed by atoms with E-state index in [1.165, 1.54) is 44.5 Å². The lowest BCUT2D eigenvalue weighted by molar-refractivity contribution is -0.139. The van der Waals surface area contributed by atoms with Crippen molar-refractivity contribution in [2.45, 2.75) is 10.8 Å². The molecule has 0 saturated carbocycles. The maximum absolute atomic E-state index is 11.3. The van der Waals surface area contributed by atoms with Gasteiger partial charge in [-0.15, -0.1) is 0 Å². The molecule has 2 aliphatic carbocycles. The molecule has 8 aromatic carbocycles. The van der Waals surface area contributed by atoms with Crippen molar-refractivity contribution in [3.05, 3.63) is 289 Å². The minimum atomic E-state index is -0.566. The first kappa shape index (κ1) is 56.5. The Balaban J connectivity index is 0.000000198. The molecule has 0 spiro atoms. The highest BCUT2D eigenvalue weighted by atomic mass is 16.6. The molecule has 8 aromatic rings. The molecule has 0 fully saturated rings. The fourth-order valence-corrected chi connectivity index (χ4v) is 10.7. The molecule has 0 saturated heterocycles.